The number of carbonyl (C=O) groups is 1. The van der Waals surface area contributed by atoms with Gasteiger partial charge in [0.25, 0.3) is 0 Å². The molecule has 0 fully saturated rings. The number of hydrogen-bond donors (Lipinski definition) is 0. The molecule has 0 saturated carbocycles. The molecule has 1 aromatic carbocycles. The van der Waals surface area contributed by atoms with E-state index in [0.29, 0.717) is 19.7 Å². The zero-order chi connectivity index (χ0) is 16.7. The largest absolute Gasteiger partial charge is 0.491 e. The van der Waals surface area contributed by atoms with Crippen LogP contribution in [-0.2, 0) is 4.79 Å². The van der Waals surface area contributed by atoms with E-state index in [1.54, 1.807) is 4.90 Å². The monoisotopic (exact) mass is 342 g/mol. The van der Waals surface area contributed by atoms with Crippen LogP contribution < -0.4 is 4.74 Å². The lowest BCUT2D eigenvalue weighted by molar-refractivity contribution is -0.131. The fourth-order valence-electron chi connectivity index (χ4n) is 2.56. The number of nitrogens with zero attached hydrogens (tertiary/aromatic N) is 2. The van der Waals surface area contributed by atoms with Crippen LogP contribution >= 0.6 is 12.4 Å². The first-order valence-corrected chi connectivity index (χ1v) is 8.06. The van der Waals surface area contributed by atoms with Gasteiger partial charge in [0.2, 0.25) is 5.91 Å². The summed E-state index contributed by atoms with van der Waals surface area (Å²) in [6.45, 7) is 13.7. The van der Waals surface area contributed by atoms with Crippen molar-refractivity contribution in [1.82, 2.24) is 9.80 Å². The molecule has 0 spiro atoms. The van der Waals surface area contributed by atoms with Crippen molar-refractivity contribution in [2.45, 2.75) is 34.6 Å². The minimum Gasteiger partial charge on any atom is -0.491 e. The molecule has 5 heteroatoms. The molecular weight excluding hydrogens is 312 g/mol. The van der Waals surface area contributed by atoms with Crippen molar-refractivity contribution in [2.75, 3.05) is 39.8 Å². The average molecular weight is 343 g/mol. The number of halogens is 1. The Kier molecular flexibility index (Phi) is 9.93. The van der Waals surface area contributed by atoms with Crippen LogP contribution in [0, 0.1) is 20.8 Å². The van der Waals surface area contributed by atoms with E-state index >= 15 is 0 Å². The molecule has 1 amide bonds. The summed E-state index contributed by atoms with van der Waals surface area (Å²) in [5.41, 5.74) is 3.54. The van der Waals surface area contributed by atoms with E-state index in [1.807, 2.05) is 7.05 Å². The molecule has 0 aromatic heterocycles. The van der Waals surface area contributed by atoms with Gasteiger partial charge in [-0.3, -0.25) is 9.69 Å². The number of rotatable bonds is 8. The molecule has 1 rings (SSSR count). The van der Waals surface area contributed by atoms with Gasteiger partial charge in [0, 0.05) is 7.05 Å². The maximum atomic E-state index is 12.1. The summed E-state index contributed by atoms with van der Waals surface area (Å²) in [6, 6.07) is 4.25. The number of hydrogen-bond acceptors (Lipinski definition) is 3. The summed E-state index contributed by atoms with van der Waals surface area (Å²) in [7, 11) is 1.84. The van der Waals surface area contributed by atoms with Crippen LogP contribution in [0.5, 0.6) is 5.75 Å². The molecule has 0 bridgehead atoms. The minimum atomic E-state index is 0. The third kappa shape index (κ3) is 6.80. The molecule has 0 N–H and O–H groups in total. The van der Waals surface area contributed by atoms with Crippen LogP contribution in [-0.4, -0.2) is 55.5 Å². The first-order valence-electron chi connectivity index (χ1n) is 8.06. The highest BCUT2D eigenvalue weighted by Gasteiger charge is 2.12. The third-order valence-electron chi connectivity index (χ3n) is 3.96. The summed E-state index contributed by atoms with van der Waals surface area (Å²) in [6.07, 6.45) is 0. The smallest absolute Gasteiger partial charge is 0.236 e. The second-order valence-corrected chi connectivity index (χ2v) is 5.85. The van der Waals surface area contributed by atoms with Crippen molar-refractivity contribution in [1.29, 1.82) is 0 Å². The van der Waals surface area contributed by atoms with Gasteiger partial charge in [-0.15, -0.1) is 12.4 Å². The maximum Gasteiger partial charge on any atom is 0.236 e. The fraction of sp³-hybridized carbons (Fsp3) is 0.611. The van der Waals surface area contributed by atoms with E-state index in [4.69, 9.17) is 4.74 Å². The van der Waals surface area contributed by atoms with Crippen LogP contribution in [0.4, 0.5) is 0 Å². The molecule has 132 valence electrons. The van der Waals surface area contributed by atoms with Gasteiger partial charge < -0.3 is 9.64 Å². The Morgan fingerprint density at radius 2 is 1.61 bits per heavy atom. The zero-order valence-corrected chi connectivity index (χ0v) is 16.1. The van der Waals surface area contributed by atoms with Gasteiger partial charge in [-0.1, -0.05) is 31.5 Å². The molecule has 0 aliphatic heterocycles. The molecule has 0 unspecified atom stereocenters. The van der Waals surface area contributed by atoms with Gasteiger partial charge in [-0.25, -0.2) is 0 Å². The van der Waals surface area contributed by atoms with Crippen LogP contribution in [0.2, 0.25) is 0 Å². The Labute approximate surface area is 147 Å². The van der Waals surface area contributed by atoms with Gasteiger partial charge in [0.1, 0.15) is 12.4 Å². The molecule has 0 aliphatic rings. The summed E-state index contributed by atoms with van der Waals surface area (Å²) in [5.74, 6) is 1.08. The van der Waals surface area contributed by atoms with Crippen LogP contribution in [0.1, 0.15) is 30.5 Å². The predicted octanol–water partition coefficient (Wildman–Crippen LogP) is 3.21. The Morgan fingerprint density at radius 1 is 1.09 bits per heavy atom. The van der Waals surface area contributed by atoms with E-state index < -0.39 is 0 Å². The Morgan fingerprint density at radius 3 is 2.09 bits per heavy atom. The maximum absolute atomic E-state index is 12.1. The predicted molar refractivity (Wildman–Crippen MR) is 98.8 cm³/mol. The van der Waals surface area contributed by atoms with E-state index in [-0.39, 0.29) is 18.3 Å². The van der Waals surface area contributed by atoms with Gasteiger partial charge in [-0.2, -0.15) is 0 Å². The average Bonchev–Trinajstić information content (AvgIpc) is 2.46. The SMILES string of the molecule is CCN(CC)CC(=O)N(C)CCOc1c(C)cc(C)cc1C.Cl. The number of benzene rings is 1. The van der Waals surface area contributed by atoms with Crippen LogP contribution in [0.3, 0.4) is 0 Å². The summed E-state index contributed by atoms with van der Waals surface area (Å²) >= 11 is 0. The second kappa shape index (κ2) is 10.5. The lowest BCUT2D eigenvalue weighted by Crippen LogP contribution is -2.39. The normalized spacial score (nSPS) is 10.4. The summed E-state index contributed by atoms with van der Waals surface area (Å²) in [4.78, 5) is 16.0. The zero-order valence-electron chi connectivity index (χ0n) is 15.3. The molecule has 1 aromatic rings. The van der Waals surface area contributed by atoms with E-state index in [1.165, 1.54) is 5.56 Å². The van der Waals surface area contributed by atoms with Crippen molar-refractivity contribution < 1.29 is 9.53 Å². The van der Waals surface area contributed by atoms with Crippen molar-refractivity contribution in [2.24, 2.45) is 0 Å². The molecule has 0 heterocycles. The van der Waals surface area contributed by atoms with Crippen LogP contribution in [0.15, 0.2) is 12.1 Å². The minimum absolute atomic E-state index is 0. The standard InChI is InChI=1S/C18H30N2O2.ClH/c1-7-20(8-2)13-17(21)19(6)9-10-22-18-15(4)11-14(3)12-16(18)5;/h11-12H,7-10,13H2,1-6H3;1H. The number of amides is 1. The number of aryl methyl sites for hydroxylation is 3. The Hall–Kier alpha value is -1.26. The summed E-state index contributed by atoms with van der Waals surface area (Å²) < 4.78 is 5.89. The lowest BCUT2D eigenvalue weighted by Gasteiger charge is -2.23. The molecular formula is C18H31ClN2O2. The first kappa shape index (κ1) is 21.7. The molecule has 23 heavy (non-hydrogen) atoms. The number of ether oxygens (including phenoxy) is 1. The first-order chi connectivity index (χ1) is 10.4. The molecule has 4 nitrogen and oxygen atoms in total. The highest BCUT2D eigenvalue weighted by atomic mass is 35.5. The van der Waals surface area contributed by atoms with E-state index in [2.05, 4.69) is 51.7 Å². The quantitative estimate of drug-likeness (QED) is 0.727. The van der Waals surface area contributed by atoms with E-state index in [9.17, 15) is 4.79 Å². The molecule has 0 aliphatic carbocycles. The highest BCUT2D eigenvalue weighted by Crippen LogP contribution is 2.24. The fourth-order valence-corrected chi connectivity index (χ4v) is 2.56. The van der Waals surface area contributed by atoms with Gasteiger partial charge in [-0.05, 0) is 45.0 Å². The van der Waals surface area contributed by atoms with Gasteiger partial charge in [0.05, 0.1) is 13.1 Å². The number of carbonyl (C=O) groups excluding carboxylic acids is 1. The highest BCUT2D eigenvalue weighted by molar-refractivity contribution is 5.85. The Bertz CT molecular complexity index is 479. The van der Waals surface area contributed by atoms with Crippen molar-refractivity contribution in [3.05, 3.63) is 28.8 Å². The van der Waals surface area contributed by atoms with Gasteiger partial charge >= 0.3 is 0 Å². The third-order valence-corrected chi connectivity index (χ3v) is 3.96. The van der Waals surface area contributed by atoms with Crippen LogP contribution in [0.25, 0.3) is 0 Å². The second-order valence-electron chi connectivity index (χ2n) is 5.85. The van der Waals surface area contributed by atoms with E-state index in [0.717, 1.165) is 30.0 Å². The number of likely N-dealkylation sites (N-methyl/N-ethyl adjacent to an activating group) is 2. The van der Waals surface area contributed by atoms with Crippen molar-refractivity contribution in [3.63, 3.8) is 0 Å². The Balaban J connectivity index is 0.00000484. The molecule has 0 atom stereocenters. The van der Waals surface area contributed by atoms with Gasteiger partial charge in [0.15, 0.2) is 0 Å². The molecule has 0 radical (unpaired) electrons. The van der Waals surface area contributed by atoms with Crippen molar-refractivity contribution in [3.8, 4) is 5.75 Å². The summed E-state index contributed by atoms with van der Waals surface area (Å²) in [5, 5.41) is 0. The lowest BCUT2D eigenvalue weighted by atomic mass is 10.1. The van der Waals surface area contributed by atoms with Crippen molar-refractivity contribution >= 4 is 18.3 Å². The molecule has 0 saturated heterocycles. The topological polar surface area (TPSA) is 32.8 Å².